The zero-order valence-corrected chi connectivity index (χ0v) is 24.5. The lowest BCUT2D eigenvalue weighted by atomic mass is 10.0. The maximum absolute atomic E-state index is 5.08. The molecule has 0 aliphatic heterocycles. The lowest BCUT2D eigenvalue weighted by Gasteiger charge is -2.09. The fraction of sp³-hybridized carbons (Fsp3) is 0.853. The molecule has 0 amide bonds. The zero-order chi connectivity index (χ0) is 25.2. The van der Waals surface area contributed by atoms with Crippen molar-refractivity contribution in [1.29, 1.82) is 0 Å². The summed E-state index contributed by atoms with van der Waals surface area (Å²) in [7, 11) is 0. The number of rotatable bonds is 26. The first kappa shape index (κ1) is 32.2. The van der Waals surface area contributed by atoms with Gasteiger partial charge in [-0.2, -0.15) is 0 Å². The SMILES string of the molecule is CCCCCCCCCCCCCc1cc(CCC)cc(CCCCCCCCCCCCC)n1. The van der Waals surface area contributed by atoms with Gasteiger partial charge in [0.1, 0.15) is 0 Å². The van der Waals surface area contributed by atoms with Gasteiger partial charge < -0.3 is 0 Å². The van der Waals surface area contributed by atoms with Gasteiger partial charge in [0, 0.05) is 11.4 Å². The number of nitrogens with zero attached hydrogens (tertiary/aromatic N) is 1. The van der Waals surface area contributed by atoms with Crippen LogP contribution < -0.4 is 0 Å². The van der Waals surface area contributed by atoms with Gasteiger partial charge in [0.15, 0.2) is 0 Å². The van der Waals surface area contributed by atoms with Crippen LogP contribution in [0.15, 0.2) is 12.1 Å². The zero-order valence-electron chi connectivity index (χ0n) is 24.5. The minimum atomic E-state index is 1.18. The van der Waals surface area contributed by atoms with Gasteiger partial charge in [-0.3, -0.25) is 4.98 Å². The first-order valence-electron chi connectivity index (χ1n) is 16.3. The molecule has 0 saturated carbocycles. The highest BCUT2D eigenvalue weighted by Crippen LogP contribution is 2.17. The Hall–Kier alpha value is -0.850. The Kier molecular flexibility index (Phi) is 22.8. The van der Waals surface area contributed by atoms with Gasteiger partial charge in [0.25, 0.3) is 0 Å². The molecule has 1 heterocycles. The molecule has 0 N–H and O–H groups in total. The minimum absolute atomic E-state index is 1.18. The van der Waals surface area contributed by atoms with E-state index in [0.29, 0.717) is 0 Å². The van der Waals surface area contributed by atoms with Crippen molar-refractivity contribution in [2.75, 3.05) is 0 Å². The number of hydrogen-bond donors (Lipinski definition) is 0. The molecule has 0 aliphatic rings. The fourth-order valence-electron chi connectivity index (χ4n) is 5.35. The van der Waals surface area contributed by atoms with E-state index in [1.54, 1.807) is 0 Å². The Morgan fingerprint density at radius 1 is 0.371 bits per heavy atom. The normalized spacial score (nSPS) is 11.4. The van der Waals surface area contributed by atoms with E-state index in [0.717, 1.165) is 0 Å². The molecule has 1 aromatic heterocycles. The second-order valence-electron chi connectivity index (χ2n) is 11.3. The van der Waals surface area contributed by atoms with Crippen molar-refractivity contribution < 1.29 is 0 Å². The number of aryl methyl sites for hydroxylation is 3. The molecule has 0 saturated heterocycles. The molecule has 1 aromatic rings. The van der Waals surface area contributed by atoms with E-state index >= 15 is 0 Å². The molecule has 0 fully saturated rings. The Balaban J connectivity index is 2.16. The first-order chi connectivity index (χ1) is 17.3. The van der Waals surface area contributed by atoms with E-state index in [1.807, 2.05) is 0 Å². The summed E-state index contributed by atoms with van der Waals surface area (Å²) in [4.78, 5) is 5.08. The second kappa shape index (κ2) is 24.8. The lowest BCUT2D eigenvalue weighted by Crippen LogP contribution is -2.00. The molecule has 1 heteroatoms. The van der Waals surface area contributed by atoms with Crippen molar-refractivity contribution in [3.63, 3.8) is 0 Å². The highest BCUT2D eigenvalue weighted by atomic mass is 14.7. The smallest absolute Gasteiger partial charge is 0.0409 e. The predicted molar refractivity (Wildman–Crippen MR) is 159 cm³/mol. The second-order valence-corrected chi connectivity index (χ2v) is 11.3. The first-order valence-corrected chi connectivity index (χ1v) is 16.3. The molecule has 204 valence electrons. The summed E-state index contributed by atoms with van der Waals surface area (Å²) in [6, 6.07) is 4.81. The largest absolute Gasteiger partial charge is 0.258 e. The molecule has 0 unspecified atom stereocenters. The van der Waals surface area contributed by atoms with Crippen LogP contribution in [-0.4, -0.2) is 4.98 Å². The van der Waals surface area contributed by atoms with E-state index in [1.165, 1.54) is 184 Å². The number of pyridine rings is 1. The van der Waals surface area contributed by atoms with Gasteiger partial charge in [-0.05, 0) is 49.8 Å². The molecule has 0 atom stereocenters. The Morgan fingerprint density at radius 3 is 1.00 bits per heavy atom. The third kappa shape index (κ3) is 20.0. The highest BCUT2D eigenvalue weighted by molar-refractivity contribution is 5.22. The molecule has 0 aliphatic carbocycles. The topological polar surface area (TPSA) is 12.9 Å². The van der Waals surface area contributed by atoms with Crippen molar-refractivity contribution in [3.8, 4) is 0 Å². The van der Waals surface area contributed by atoms with Crippen molar-refractivity contribution in [2.24, 2.45) is 0 Å². The van der Waals surface area contributed by atoms with Crippen molar-refractivity contribution in [2.45, 2.75) is 188 Å². The summed E-state index contributed by atoms with van der Waals surface area (Å²) in [6.45, 7) is 6.90. The third-order valence-electron chi connectivity index (χ3n) is 7.60. The third-order valence-corrected chi connectivity index (χ3v) is 7.60. The van der Waals surface area contributed by atoms with Gasteiger partial charge in [-0.15, -0.1) is 0 Å². The molecule has 0 bridgehead atoms. The van der Waals surface area contributed by atoms with E-state index in [2.05, 4.69) is 32.9 Å². The molecule has 0 aromatic carbocycles. The van der Waals surface area contributed by atoms with Crippen LogP contribution in [-0.2, 0) is 19.3 Å². The van der Waals surface area contributed by atoms with Crippen LogP contribution in [0.2, 0.25) is 0 Å². The van der Waals surface area contributed by atoms with E-state index in [-0.39, 0.29) is 0 Å². The summed E-state index contributed by atoms with van der Waals surface area (Å²) in [6.07, 6.45) is 35.9. The maximum atomic E-state index is 5.08. The number of aromatic nitrogens is 1. The Labute approximate surface area is 221 Å². The van der Waals surface area contributed by atoms with Gasteiger partial charge in [0.05, 0.1) is 0 Å². The quantitative estimate of drug-likeness (QED) is 0.119. The molecule has 35 heavy (non-hydrogen) atoms. The van der Waals surface area contributed by atoms with Crippen LogP contribution >= 0.6 is 0 Å². The fourth-order valence-corrected chi connectivity index (χ4v) is 5.35. The monoisotopic (exact) mass is 485 g/mol. The van der Waals surface area contributed by atoms with Crippen LogP contribution in [0.25, 0.3) is 0 Å². The van der Waals surface area contributed by atoms with E-state index in [9.17, 15) is 0 Å². The average molecular weight is 486 g/mol. The van der Waals surface area contributed by atoms with Crippen LogP contribution in [0.1, 0.15) is 185 Å². The molecular weight excluding hydrogens is 422 g/mol. The van der Waals surface area contributed by atoms with Crippen LogP contribution in [0.4, 0.5) is 0 Å². The number of unbranched alkanes of at least 4 members (excludes halogenated alkanes) is 20. The van der Waals surface area contributed by atoms with Crippen molar-refractivity contribution in [1.82, 2.24) is 4.98 Å². The summed E-state index contributed by atoms with van der Waals surface area (Å²) < 4.78 is 0. The predicted octanol–water partition coefficient (Wildman–Crippen LogP) is 11.7. The van der Waals surface area contributed by atoms with E-state index < -0.39 is 0 Å². The molecule has 0 spiro atoms. The van der Waals surface area contributed by atoms with Crippen molar-refractivity contribution >= 4 is 0 Å². The van der Waals surface area contributed by atoms with Crippen LogP contribution in [0, 0.1) is 0 Å². The molecular formula is C34H63N. The van der Waals surface area contributed by atoms with Crippen LogP contribution in [0.3, 0.4) is 0 Å². The Bertz CT molecular complexity index is 519. The van der Waals surface area contributed by atoms with Crippen molar-refractivity contribution in [3.05, 3.63) is 29.1 Å². The lowest BCUT2D eigenvalue weighted by molar-refractivity contribution is 0.547. The van der Waals surface area contributed by atoms with Gasteiger partial charge in [-0.25, -0.2) is 0 Å². The molecule has 0 radical (unpaired) electrons. The van der Waals surface area contributed by atoms with Gasteiger partial charge in [-0.1, -0.05) is 156 Å². The van der Waals surface area contributed by atoms with Crippen LogP contribution in [0.5, 0.6) is 0 Å². The van der Waals surface area contributed by atoms with E-state index in [4.69, 9.17) is 4.98 Å². The summed E-state index contributed by atoms with van der Waals surface area (Å²) >= 11 is 0. The molecule has 1 rings (SSSR count). The number of hydrogen-bond acceptors (Lipinski definition) is 1. The average Bonchev–Trinajstić information content (AvgIpc) is 2.86. The standard InChI is InChI=1S/C34H63N/c1-4-7-9-11-13-15-17-19-21-23-25-28-33-30-32(27-6-3)31-34(35-33)29-26-24-22-20-18-16-14-12-10-8-5-2/h30-31H,4-29H2,1-3H3. The summed E-state index contributed by atoms with van der Waals surface area (Å²) in [5.74, 6) is 0. The van der Waals surface area contributed by atoms with Gasteiger partial charge >= 0.3 is 0 Å². The summed E-state index contributed by atoms with van der Waals surface area (Å²) in [5, 5.41) is 0. The van der Waals surface area contributed by atoms with Gasteiger partial charge in [0.2, 0.25) is 0 Å². The molecule has 1 nitrogen and oxygen atoms in total. The summed E-state index contributed by atoms with van der Waals surface area (Å²) in [5.41, 5.74) is 4.26. The highest BCUT2D eigenvalue weighted by Gasteiger charge is 2.04. The minimum Gasteiger partial charge on any atom is -0.258 e. The Morgan fingerprint density at radius 2 is 0.686 bits per heavy atom. The maximum Gasteiger partial charge on any atom is 0.0409 e.